The van der Waals surface area contributed by atoms with Gasteiger partial charge in [-0.05, 0) is 36.0 Å². The summed E-state index contributed by atoms with van der Waals surface area (Å²) in [5, 5.41) is 12.4. The molecule has 1 aliphatic heterocycles. The van der Waals surface area contributed by atoms with E-state index in [9.17, 15) is 0 Å². The zero-order valence-corrected chi connectivity index (χ0v) is 11.4. The van der Waals surface area contributed by atoms with Gasteiger partial charge in [0, 0.05) is 39.0 Å². The van der Waals surface area contributed by atoms with Gasteiger partial charge < -0.3 is 15.3 Å². The highest BCUT2D eigenvalue weighted by Gasteiger charge is 2.13. The number of aliphatic hydroxyl groups is 1. The smallest absolute Gasteiger partial charge is 0.0468 e. The number of hydrogen-bond acceptors (Lipinski definition) is 3. The molecule has 1 aromatic carbocycles. The van der Waals surface area contributed by atoms with Crippen molar-refractivity contribution >= 4 is 5.69 Å². The van der Waals surface area contributed by atoms with E-state index in [2.05, 4.69) is 42.4 Å². The molecule has 1 heterocycles. The third-order valence-corrected chi connectivity index (χ3v) is 3.63. The van der Waals surface area contributed by atoms with Gasteiger partial charge in [-0.3, -0.25) is 0 Å². The number of nitrogens with one attached hydrogen (secondary N) is 1. The Hall–Kier alpha value is -1.06. The number of anilines is 1. The fourth-order valence-corrected chi connectivity index (χ4v) is 2.48. The standard InChI is InChI=1S/C15H24N2O/c1-12(11-18)9-16-10-13-5-6-15-14(8-13)4-3-7-17(15)2/h5-6,8,12,16,18H,3-4,7,9-11H2,1-2H3. The molecular weight excluding hydrogens is 224 g/mol. The lowest BCUT2D eigenvalue weighted by Crippen LogP contribution is -2.25. The summed E-state index contributed by atoms with van der Waals surface area (Å²) in [7, 11) is 2.17. The van der Waals surface area contributed by atoms with E-state index in [0.717, 1.165) is 13.1 Å². The summed E-state index contributed by atoms with van der Waals surface area (Å²) in [6.45, 7) is 5.23. The Bertz CT molecular complexity index is 392. The van der Waals surface area contributed by atoms with Gasteiger partial charge >= 0.3 is 0 Å². The molecule has 1 aromatic rings. The van der Waals surface area contributed by atoms with Crippen molar-refractivity contribution in [2.75, 3.05) is 31.6 Å². The van der Waals surface area contributed by atoms with Crippen LogP contribution in [0.15, 0.2) is 18.2 Å². The lowest BCUT2D eigenvalue weighted by Gasteiger charge is -2.27. The van der Waals surface area contributed by atoms with Crippen LogP contribution >= 0.6 is 0 Å². The molecule has 3 nitrogen and oxygen atoms in total. The maximum absolute atomic E-state index is 8.97. The molecule has 1 unspecified atom stereocenters. The minimum absolute atomic E-state index is 0.252. The van der Waals surface area contributed by atoms with Gasteiger partial charge in [-0.15, -0.1) is 0 Å². The average molecular weight is 248 g/mol. The minimum Gasteiger partial charge on any atom is -0.396 e. The predicted octanol–water partition coefficient (Wildman–Crippen LogP) is 1.79. The van der Waals surface area contributed by atoms with Crippen molar-refractivity contribution in [3.63, 3.8) is 0 Å². The number of aliphatic hydroxyl groups excluding tert-OH is 1. The summed E-state index contributed by atoms with van der Waals surface area (Å²) >= 11 is 0. The summed E-state index contributed by atoms with van der Waals surface area (Å²) in [5.41, 5.74) is 4.20. The zero-order valence-electron chi connectivity index (χ0n) is 11.4. The fraction of sp³-hybridized carbons (Fsp3) is 0.600. The third-order valence-electron chi connectivity index (χ3n) is 3.63. The SMILES string of the molecule is CC(CO)CNCc1ccc2c(c1)CCCN2C. The van der Waals surface area contributed by atoms with Crippen LogP contribution in [0.1, 0.15) is 24.5 Å². The number of fused-ring (bicyclic) bond motifs is 1. The van der Waals surface area contributed by atoms with Gasteiger partial charge in [0.1, 0.15) is 0 Å². The first-order valence-corrected chi connectivity index (χ1v) is 6.85. The van der Waals surface area contributed by atoms with E-state index in [0.29, 0.717) is 5.92 Å². The van der Waals surface area contributed by atoms with Crippen LogP contribution in [-0.2, 0) is 13.0 Å². The molecule has 0 aromatic heterocycles. The largest absolute Gasteiger partial charge is 0.396 e. The Morgan fingerprint density at radius 1 is 1.44 bits per heavy atom. The highest BCUT2D eigenvalue weighted by molar-refractivity contribution is 5.56. The molecule has 0 bridgehead atoms. The molecule has 1 aliphatic rings. The molecule has 0 aliphatic carbocycles. The summed E-state index contributed by atoms with van der Waals surface area (Å²) in [6.07, 6.45) is 2.45. The predicted molar refractivity (Wildman–Crippen MR) is 76.0 cm³/mol. The topological polar surface area (TPSA) is 35.5 Å². The molecule has 0 saturated carbocycles. The second-order valence-electron chi connectivity index (χ2n) is 5.41. The number of aryl methyl sites for hydroxylation is 1. The Morgan fingerprint density at radius 2 is 2.28 bits per heavy atom. The number of benzene rings is 1. The maximum Gasteiger partial charge on any atom is 0.0468 e. The molecule has 0 spiro atoms. The van der Waals surface area contributed by atoms with Crippen LogP contribution in [0.2, 0.25) is 0 Å². The van der Waals surface area contributed by atoms with Crippen molar-refractivity contribution < 1.29 is 5.11 Å². The molecule has 0 saturated heterocycles. The van der Waals surface area contributed by atoms with Gasteiger partial charge in [-0.2, -0.15) is 0 Å². The van der Waals surface area contributed by atoms with Gasteiger partial charge in [-0.1, -0.05) is 19.1 Å². The van der Waals surface area contributed by atoms with Crippen LogP contribution in [0.5, 0.6) is 0 Å². The van der Waals surface area contributed by atoms with Crippen molar-refractivity contribution in [2.24, 2.45) is 5.92 Å². The lowest BCUT2D eigenvalue weighted by molar-refractivity contribution is 0.233. The van der Waals surface area contributed by atoms with Gasteiger partial charge in [0.2, 0.25) is 0 Å². The Balaban J connectivity index is 1.94. The maximum atomic E-state index is 8.97. The van der Waals surface area contributed by atoms with E-state index in [1.54, 1.807) is 0 Å². The van der Waals surface area contributed by atoms with Crippen LogP contribution < -0.4 is 10.2 Å². The molecule has 0 radical (unpaired) electrons. The second-order valence-corrected chi connectivity index (χ2v) is 5.41. The molecule has 1 atom stereocenters. The number of hydrogen-bond donors (Lipinski definition) is 2. The second kappa shape index (κ2) is 6.21. The van der Waals surface area contributed by atoms with E-state index in [-0.39, 0.29) is 6.61 Å². The van der Waals surface area contributed by atoms with Crippen LogP contribution in [0.3, 0.4) is 0 Å². The normalized spacial score (nSPS) is 16.5. The average Bonchev–Trinajstić information content (AvgIpc) is 2.38. The highest BCUT2D eigenvalue weighted by atomic mass is 16.3. The molecule has 2 N–H and O–H groups in total. The molecular formula is C15H24N2O. The first-order chi connectivity index (χ1) is 8.70. The van der Waals surface area contributed by atoms with E-state index in [4.69, 9.17) is 5.11 Å². The number of rotatable bonds is 5. The molecule has 2 rings (SSSR count). The van der Waals surface area contributed by atoms with Gasteiger partial charge in [0.05, 0.1) is 0 Å². The molecule has 0 fully saturated rings. The van der Waals surface area contributed by atoms with Gasteiger partial charge in [0.15, 0.2) is 0 Å². The zero-order chi connectivity index (χ0) is 13.0. The summed E-state index contributed by atoms with van der Waals surface area (Å²) in [5.74, 6) is 0.328. The summed E-state index contributed by atoms with van der Waals surface area (Å²) in [4.78, 5) is 2.34. The first kappa shape index (κ1) is 13.4. The van der Waals surface area contributed by atoms with E-state index >= 15 is 0 Å². The quantitative estimate of drug-likeness (QED) is 0.834. The van der Waals surface area contributed by atoms with E-state index in [1.165, 1.54) is 36.2 Å². The van der Waals surface area contributed by atoms with Gasteiger partial charge in [-0.25, -0.2) is 0 Å². The van der Waals surface area contributed by atoms with E-state index < -0.39 is 0 Å². The van der Waals surface area contributed by atoms with Crippen molar-refractivity contribution in [3.05, 3.63) is 29.3 Å². The lowest BCUT2D eigenvalue weighted by atomic mass is 9.99. The monoisotopic (exact) mass is 248 g/mol. The molecule has 18 heavy (non-hydrogen) atoms. The highest BCUT2D eigenvalue weighted by Crippen LogP contribution is 2.26. The Labute approximate surface area is 110 Å². The Kier molecular flexibility index (Phi) is 4.61. The van der Waals surface area contributed by atoms with E-state index in [1.807, 2.05) is 0 Å². The summed E-state index contributed by atoms with van der Waals surface area (Å²) in [6, 6.07) is 6.76. The van der Waals surface area contributed by atoms with Gasteiger partial charge in [0.25, 0.3) is 0 Å². The first-order valence-electron chi connectivity index (χ1n) is 6.85. The van der Waals surface area contributed by atoms with Crippen molar-refractivity contribution in [1.29, 1.82) is 0 Å². The van der Waals surface area contributed by atoms with Crippen LogP contribution in [0.25, 0.3) is 0 Å². The Morgan fingerprint density at radius 3 is 3.06 bits per heavy atom. The number of nitrogens with zero attached hydrogens (tertiary/aromatic N) is 1. The van der Waals surface area contributed by atoms with Crippen molar-refractivity contribution in [2.45, 2.75) is 26.3 Å². The van der Waals surface area contributed by atoms with Crippen molar-refractivity contribution in [3.8, 4) is 0 Å². The van der Waals surface area contributed by atoms with Crippen LogP contribution in [0.4, 0.5) is 5.69 Å². The van der Waals surface area contributed by atoms with Crippen LogP contribution in [0, 0.1) is 5.92 Å². The minimum atomic E-state index is 0.252. The third kappa shape index (κ3) is 3.24. The molecule has 100 valence electrons. The van der Waals surface area contributed by atoms with Crippen molar-refractivity contribution in [1.82, 2.24) is 5.32 Å². The van der Waals surface area contributed by atoms with Crippen LogP contribution in [-0.4, -0.2) is 31.9 Å². The molecule has 3 heteroatoms. The molecule has 0 amide bonds. The fourth-order valence-electron chi connectivity index (χ4n) is 2.48. The summed E-state index contributed by atoms with van der Waals surface area (Å²) < 4.78 is 0.